The molecule has 0 aromatic heterocycles. The van der Waals surface area contributed by atoms with Gasteiger partial charge in [-0.15, -0.1) is 0 Å². The van der Waals surface area contributed by atoms with Crippen LogP contribution in [0.25, 0.3) is 0 Å². The second kappa shape index (κ2) is 6.63. The first-order chi connectivity index (χ1) is 7.27. The predicted octanol–water partition coefficient (Wildman–Crippen LogP) is 4.44. The van der Waals surface area contributed by atoms with Gasteiger partial charge in [-0.25, -0.2) is 0 Å². The van der Waals surface area contributed by atoms with E-state index in [2.05, 4.69) is 35.0 Å². The minimum absolute atomic E-state index is 0.815. The van der Waals surface area contributed by atoms with E-state index in [1.165, 1.54) is 31.2 Å². The lowest BCUT2D eigenvalue weighted by Gasteiger charge is -2.04. The molecule has 0 radical (unpaired) electrons. The van der Waals surface area contributed by atoms with Gasteiger partial charge in [0.05, 0.1) is 11.6 Å². The number of unbranched alkanes of at least 4 members (excludes halogenated alkanes) is 3. The van der Waals surface area contributed by atoms with Crippen molar-refractivity contribution in [1.82, 2.24) is 0 Å². The van der Waals surface area contributed by atoms with Crippen molar-refractivity contribution in [2.45, 2.75) is 39.0 Å². The Bertz CT molecular complexity index is 352. The van der Waals surface area contributed by atoms with Crippen LogP contribution in [0.3, 0.4) is 0 Å². The third-order valence-corrected chi connectivity index (χ3v) is 2.98. The van der Waals surface area contributed by atoms with Gasteiger partial charge in [0.1, 0.15) is 0 Å². The van der Waals surface area contributed by atoms with Gasteiger partial charge >= 0.3 is 0 Å². The maximum atomic E-state index is 8.95. The summed E-state index contributed by atoms with van der Waals surface area (Å²) in [5, 5.41) is 8.95. The topological polar surface area (TPSA) is 23.8 Å². The second-order valence-corrected chi connectivity index (χ2v) is 4.64. The van der Waals surface area contributed by atoms with Gasteiger partial charge in [-0.05, 0) is 36.6 Å². The number of nitrogens with zero attached hydrogens (tertiary/aromatic N) is 1. The number of benzene rings is 1. The van der Waals surface area contributed by atoms with E-state index in [0.29, 0.717) is 0 Å². The molecule has 0 saturated carbocycles. The zero-order valence-electron chi connectivity index (χ0n) is 9.09. The van der Waals surface area contributed by atoms with E-state index in [0.717, 1.165) is 16.5 Å². The summed E-state index contributed by atoms with van der Waals surface area (Å²) in [6.07, 6.45) is 5.99. The molecule has 0 aliphatic rings. The molecule has 1 nitrogen and oxygen atoms in total. The Balaban J connectivity index is 2.59. The Morgan fingerprint density at radius 2 is 2.07 bits per heavy atom. The van der Waals surface area contributed by atoms with Gasteiger partial charge in [-0.3, -0.25) is 0 Å². The largest absolute Gasteiger partial charge is 0.192 e. The van der Waals surface area contributed by atoms with Crippen LogP contribution >= 0.6 is 15.9 Å². The molecule has 0 amide bonds. The molecule has 0 heterocycles. The highest BCUT2D eigenvalue weighted by Crippen LogP contribution is 2.18. The summed E-state index contributed by atoms with van der Waals surface area (Å²) in [5.41, 5.74) is 1.98. The Hall–Kier alpha value is -0.810. The minimum Gasteiger partial charge on any atom is -0.192 e. The molecule has 0 bridgehead atoms. The third-order valence-electron chi connectivity index (χ3n) is 2.49. The molecular weight excluding hydrogens is 250 g/mol. The molecule has 0 N–H and O–H groups in total. The average molecular weight is 266 g/mol. The molecule has 0 unspecified atom stereocenters. The third kappa shape index (κ3) is 4.05. The first kappa shape index (κ1) is 12.3. The predicted molar refractivity (Wildman–Crippen MR) is 66.7 cm³/mol. The van der Waals surface area contributed by atoms with Crippen LogP contribution in [0.1, 0.15) is 43.7 Å². The van der Waals surface area contributed by atoms with Crippen LogP contribution in [0.15, 0.2) is 22.7 Å². The van der Waals surface area contributed by atoms with Crippen molar-refractivity contribution in [3.8, 4) is 6.07 Å². The van der Waals surface area contributed by atoms with Crippen LogP contribution in [0.5, 0.6) is 0 Å². The molecule has 0 saturated heterocycles. The van der Waals surface area contributed by atoms with Crippen LogP contribution in [0.2, 0.25) is 0 Å². The highest BCUT2D eigenvalue weighted by molar-refractivity contribution is 9.10. The fraction of sp³-hybridized carbons (Fsp3) is 0.462. The van der Waals surface area contributed by atoms with E-state index in [1.54, 1.807) is 0 Å². The summed E-state index contributed by atoms with van der Waals surface area (Å²) in [6, 6.07) is 8.12. The van der Waals surface area contributed by atoms with E-state index < -0.39 is 0 Å². The minimum atomic E-state index is 0.815. The van der Waals surface area contributed by atoms with Gasteiger partial charge < -0.3 is 0 Å². The molecule has 0 atom stereocenters. The fourth-order valence-electron chi connectivity index (χ4n) is 1.62. The van der Waals surface area contributed by atoms with E-state index in [-0.39, 0.29) is 0 Å². The molecule has 1 rings (SSSR count). The standard InChI is InChI=1S/C13H16BrN/c1-2-3-4-5-6-11-9-13(14)8-7-12(11)10-15/h7-9H,2-6H2,1H3. The number of nitriles is 1. The highest BCUT2D eigenvalue weighted by Gasteiger charge is 2.02. The normalized spacial score (nSPS) is 9.93. The zero-order chi connectivity index (χ0) is 11.1. The first-order valence-corrected chi connectivity index (χ1v) is 6.25. The molecule has 15 heavy (non-hydrogen) atoms. The van der Waals surface area contributed by atoms with E-state index >= 15 is 0 Å². The van der Waals surface area contributed by atoms with E-state index in [1.807, 2.05) is 12.1 Å². The smallest absolute Gasteiger partial charge is 0.0994 e. The van der Waals surface area contributed by atoms with Crippen LogP contribution in [0.4, 0.5) is 0 Å². The summed E-state index contributed by atoms with van der Waals surface area (Å²) < 4.78 is 1.06. The number of rotatable bonds is 5. The first-order valence-electron chi connectivity index (χ1n) is 5.46. The molecule has 0 aliphatic heterocycles. The van der Waals surface area contributed by atoms with Crippen molar-refractivity contribution in [2.24, 2.45) is 0 Å². The highest BCUT2D eigenvalue weighted by atomic mass is 79.9. The molecule has 0 aliphatic carbocycles. The van der Waals surface area contributed by atoms with Gasteiger partial charge in [0.15, 0.2) is 0 Å². The molecule has 80 valence electrons. The second-order valence-electron chi connectivity index (χ2n) is 3.72. The average Bonchev–Trinajstić information content (AvgIpc) is 2.25. The number of hydrogen-bond acceptors (Lipinski definition) is 1. The monoisotopic (exact) mass is 265 g/mol. The molecular formula is C13H16BrN. The van der Waals surface area contributed by atoms with Crippen molar-refractivity contribution in [3.05, 3.63) is 33.8 Å². The molecule has 0 spiro atoms. The van der Waals surface area contributed by atoms with Gasteiger partial charge in [0, 0.05) is 4.47 Å². The zero-order valence-corrected chi connectivity index (χ0v) is 10.7. The number of halogens is 1. The van der Waals surface area contributed by atoms with Crippen molar-refractivity contribution in [1.29, 1.82) is 5.26 Å². The maximum Gasteiger partial charge on any atom is 0.0994 e. The molecule has 0 fully saturated rings. The van der Waals surface area contributed by atoms with Gasteiger partial charge in [0.2, 0.25) is 0 Å². The number of hydrogen-bond donors (Lipinski definition) is 0. The summed E-state index contributed by atoms with van der Waals surface area (Å²) in [5.74, 6) is 0. The van der Waals surface area contributed by atoms with Gasteiger partial charge in [-0.2, -0.15) is 5.26 Å². The molecule has 2 heteroatoms. The Kier molecular flexibility index (Phi) is 5.42. The van der Waals surface area contributed by atoms with E-state index in [9.17, 15) is 0 Å². The van der Waals surface area contributed by atoms with Crippen LogP contribution < -0.4 is 0 Å². The summed E-state index contributed by atoms with van der Waals surface area (Å²) in [4.78, 5) is 0. The Labute approximate surface area is 100 Å². The van der Waals surface area contributed by atoms with Gasteiger partial charge in [-0.1, -0.05) is 42.1 Å². The quantitative estimate of drug-likeness (QED) is 0.722. The van der Waals surface area contributed by atoms with Crippen molar-refractivity contribution < 1.29 is 0 Å². The van der Waals surface area contributed by atoms with Crippen molar-refractivity contribution >= 4 is 15.9 Å². The Morgan fingerprint density at radius 3 is 2.73 bits per heavy atom. The van der Waals surface area contributed by atoms with Crippen molar-refractivity contribution in [3.63, 3.8) is 0 Å². The summed E-state index contributed by atoms with van der Waals surface area (Å²) in [6.45, 7) is 2.21. The van der Waals surface area contributed by atoms with Crippen LogP contribution in [0, 0.1) is 11.3 Å². The van der Waals surface area contributed by atoms with Crippen molar-refractivity contribution in [2.75, 3.05) is 0 Å². The lowest BCUT2D eigenvalue weighted by Crippen LogP contribution is -1.91. The maximum absolute atomic E-state index is 8.95. The van der Waals surface area contributed by atoms with Crippen LogP contribution in [-0.4, -0.2) is 0 Å². The van der Waals surface area contributed by atoms with Gasteiger partial charge in [0.25, 0.3) is 0 Å². The summed E-state index contributed by atoms with van der Waals surface area (Å²) >= 11 is 3.44. The lowest BCUT2D eigenvalue weighted by atomic mass is 10.0. The van der Waals surface area contributed by atoms with E-state index in [4.69, 9.17) is 5.26 Å². The SMILES string of the molecule is CCCCCCc1cc(Br)ccc1C#N. The Morgan fingerprint density at radius 1 is 1.27 bits per heavy atom. The molecule has 1 aromatic rings. The number of aryl methyl sites for hydroxylation is 1. The lowest BCUT2D eigenvalue weighted by molar-refractivity contribution is 0.666. The fourth-order valence-corrected chi connectivity index (χ4v) is 2.03. The summed E-state index contributed by atoms with van der Waals surface area (Å²) in [7, 11) is 0. The van der Waals surface area contributed by atoms with Crippen LogP contribution in [-0.2, 0) is 6.42 Å². The molecule has 1 aromatic carbocycles.